The van der Waals surface area contributed by atoms with E-state index in [0.717, 1.165) is 25.2 Å². The zero-order valence-electron chi connectivity index (χ0n) is 13.2. The molecule has 2 nitrogen and oxygen atoms in total. The van der Waals surface area contributed by atoms with Gasteiger partial charge in [0.25, 0.3) is 0 Å². The molecule has 19 heavy (non-hydrogen) atoms. The summed E-state index contributed by atoms with van der Waals surface area (Å²) in [5, 5.41) is 8.80. The Morgan fingerprint density at radius 1 is 1.16 bits per heavy atom. The molecule has 0 aromatic rings. The molecule has 0 aliphatic carbocycles. The molecule has 0 aliphatic rings. The van der Waals surface area contributed by atoms with E-state index in [1.807, 2.05) is 0 Å². The van der Waals surface area contributed by atoms with Gasteiger partial charge in [-0.05, 0) is 38.5 Å². The molecular formula is C17H32O2. The van der Waals surface area contributed by atoms with Crippen molar-refractivity contribution in [3.63, 3.8) is 0 Å². The zero-order valence-corrected chi connectivity index (χ0v) is 13.2. The Hall–Kier alpha value is -0.790. The third kappa shape index (κ3) is 10.8. The molecule has 0 aliphatic heterocycles. The summed E-state index contributed by atoms with van der Waals surface area (Å²) in [6.45, 7) is 8.55. The van der Waals surface area contributed by atoms with Gasteiger partial charge in [-0.1, -0.05) is 58.1 Å². The Morgan fingerprint density at radius 2 is 1.79 bits per heavy atom. The second-order valence-electron chi connectivity index (χ2n) is 6.01. The Bertz CT molecular complexity index is 268. The fraction of sp³-hybridized carbons (Fsp3) is 0.824. The van der Waals surface area contributed by atoms with Crippen molar-refractivity contribution in [3.05, 3.63) is 11.6 Å². The summed E-state index contributed by atoms with van der Waals surface area (Å²) >= 11 is 0. The fourth-order valence-corrected chi connectivity index (χ4v) is 2.23. The molecule has 0 spiro atoms. The van der Waals surface area contributed by atoms with Gasteiger partial charge in [0, 0.05) is 0 Å². The zero-order chi connectivity index (χ0) is 14.7. The van der Waals surface area contributed by atoms with Crippen molar-refractivity contribution in [1.29, 1.82) is 0 Å². The fourth-order valence-electron chi connectivity index (χ4n) is 2.23. The molecule has 0 fully saturated rings. The predicted molar refractivity (Wildman–Crippen MR) is 82.3 cm³/mol. The lowest BCUT2D eigenvalue weighted by molar-refractivity contribution is -0.141. The van der Waals surface area contributed by atoms with Crippen LogP contribution in [0.25, 0.3) is 0 Å². The van der Waals surface area contributed by atoms with E-state index in [0.29, 0.717) is 0 Å². The van der Waals surface area contributed by atoms with E-state index in [4.69, 9.17) is 5.11 Å². The standard InChI is InChI=1S/C17H32O2/c1-5-6-9-14(2)10-7-11-15(3)12-8-13-16(4)17(18)19/h12,14,16H,5-11,13H2,1-4H3,(H,18,19). The quantitative estimate of drug-likeness (QED) is 0.507. The van der Waals surface area contributed by atoms with Crippen molar-refractivity contribution in [1.82, 2.24) is 0 Å². The van der Waals surface area contributed by atoms with E-state index < -0.39 is 5.97 Å². The molecule has 0 rings (SSSR count). The van der Waals surface area contributed by atoms with Crippen LogP contribution in [0.2, 0.25) is 0 Å². The van der Waals surface area contributed by atoms with Crippen molar-refractivity contribution in [2.75, 3.05) is 0 Å². The summed E-state index contributed by atoms with van der Waals surface area (Å²) in [4.78, 5) is 10.7. The number of aliphatic carboxylic acids is 1. The van der Waals surface area contributed by atoms with Crippen LogP contribution in [-0.4, -0.2) is 11.1 Å². The minimum absolute atomic E-state index is 0.224. The van der Waals surface area contributed by atoms with Crippen LogP contribution in [0.15, 0.2) is 11.6 Å². The van der Waals surface area contributed by atoms with Gasteiger partial charge < -0.3 is 5.11 Å². The molecule has 112 valence electrons. The third-order valence-electron chi connectivity index (χ3n) is 3.83. The first-order chi connectivity index (χ1) is 8.97. The summed E-state index contributed by atoms with van der Waals surface area (Å²) in [6, 6.07) is 0. The maximum absolute atomic E-state index is 10.7. The molecule has 0 heterocycles. The monoisotopic (exact) mass is 268 g/mol. The van der Waals surface area contributed by atoms with Crippen molar-refractivity contribution in [2.45, 2.75) is 79.1 Å². The van der Waals surface area contributed by atoms with Gasteiger partial charge >= 0.3 is 5.97 Å². The molecule has 2 heteroatoms. The van der Waals surface area contributed by atoms with Gasteiger partial charge in [-0.3, -0.25) is 4.79 Å². The average Bonchev–Trinajstić information content (AvgIpc) is 2.36. The number of carboxylic acid groups (broad SMARTS) is 1. The van der Waals surface area contributed by atoms with Crippen LogP contribution in [0.5, 0.6) is 0 Å². The Kier molecular flexibility index (Phi) is 10.6. The number of hydrogen-bond donors (Lipinski definition) is 1. The van der Waals surface area contributed by atoms with Gasteiger partial charge in [0.05, 0.1) is 5.92 Å². The number of allylic oxidation sites excluding steroid dienone is 2. The second kappa shape index (κ2) is 11.1. The Labute approximate surface area is 119 Å². The first-order valence-corrected chi connectivity index (χ1v) is 7.85. The van der Waals surface area contributed by atoms with Crippen molar-refractivity contribution < 1.29 is 9.90 Å². The molecule has 0 saturated heterocycles. The Morgan fingerprint density at radius 3 is 2.37 bits per heavy atom. The van der Waals surface area contributed by atoms with E-state index in [2.05, 4.69) is 26.8 Å². The second-order valence-corrected chi connectivity index (χ2v) is 6.01. The lowest BCUT2D eigenvalue weighted by Gasteiger charge is -2.10. The molecule has 0 radical (unpaired) electrons. The van der Waals surface area contributed by atoms with E-state index in [1.165, 1.54) is 37.7 Å². The van der Waals surface area contributed by atoms with Crippen LogP contribution < -0.4 is 0 Å². The van der Waals surface area contributed by atoms with Crippen LogP contribution >= 0.6 is 0 Å². The predicted octanol–water partition coefficient (Wildman–Crippen LogP) is 5.43. The van der Waals surface area contributed by atoms with E-state index in [9.17, 15) is 4.79 Å². The summed E-state index contributed by atoms with van der Waals surface area (Å²) in [5.74, 6) is -0.0614. The molecule has 0 aromatic heterocycles. The van der Waals surface area contributed by atoms with Crippen LogP contribution in [0, 0.1) is 11.8 Å². The Balaban J connectivity index is 3.67. The van der Waals surface area contributed by atoms with Gasteiger partial charge in [-0.2, -0.15) is 0 Å². The highest BCUT2D eigenvalue weighted by Crippen LogP contribution is 2.18. The van der Waals surface area contributed by atoms with Gasteiger partial charge in [0.15, 0.2) is 0 Å². The minimum atomic E-state index is -0.684. The summed E-state index contributed by atoms with van der Waals surface area (Å²) in [7, 11) is 0. The van der Waals surface area contributed by atoms with E-state index >= 15 is 0 Å². The molecular weight excluding hydrogens is 236 g/mol. The van der Waals surface area contributed by atoms with Crippen molar-refractivity contribution in [2.24, 2.45) is 11.8 Å². The van der Waals surface area contributed by atoms with Crippen molar-refractivity contribution in [3.8, 4) is 0 Å². The average molecular weight is 268 g/mol. The van der Waals surface area contributed by atoms with Gasteiger partial charge in [0.2, 0.25) is 0 Å². The molecule has 2 atom stereocenters. The topological polar surface area (TPSA) is 37.3 Å². The smallest absolute Gasteiger partial charge is 0.306 e. The molecule has 0 bridgehead atoms. The van der Waals surface area contributed by atoms with E-state index in [-0.39, 0.29) is 5.92 Å². The molecule has 0 aromatic carbocycles. The SMILES string of the molecule is CCCCC(C)CCCC(C)=CCCC(C)C(=O)O. The van der Waals surface area contributed by atoms with Gasteiger partial charge in [0.1, 0.15) is 0 Å². The molecule has 2 unspecified atom stereocenters. The molecule has 0 saturated carbocycles. The maximum atomic E-state index is 10.7. The molecule has 1 N–H and O–H groups in total. The number of hydrogen-bond acceptors (Lipinski definition) is 1. The number of rotatable bonds is 11. The normalized spacial score (nSPS) is 15.3. The lowest BCUT2D eigenvalue weighted by atomic mass is 9.96. The summed E-state index contributed by atoms with van der Waals surface area (Å²) < 4.78 is 0. The van der Waals surface area contributed by atoms with Crippen LogP contribution in [-0.2, 0) is 4.79 Å². The number of carboxylic acids is 1. The van der Waals surface area contributed by atoms with Crippen LogP contribution in [0.1, 0.15) is 79.1 Å². The largest absolute Gasteiger partial charge is 0.481 e. The first kappa shape index (κ1) is 18.2. The maximum Gasteiger partial charge on any atom is 0.306 e. The number of carbonyl (C=O) groups is 1. The number of unbranched alkanes of at least 4 members (excludes halogenated alkanes) is 1. The molecule has 0 amide bonds. The van der Waals surface area contributed by atoms with Gasteiger partial charge in [-0.15, -0.1) is 0 Å². The van der Waals surface area contributed by atoms with Crippen molar-refractivity contribution >= 4 is 5.97 Å². The summed E-state index contributed by atoms with van der Waals surface area (Å²) in [5.41, 5.74) is 1.42. The van der Waals surface area contributed by atoms with Crippen LogP contribution in [0.4, 0.5) is 0 Å². The highest BCUT2D eigenvalue weighted by Gasteiger charge is 2.08. The van der Waals surface area contributed by atoms with Crippen LogP contribution in [0.3, 0.4) is 0 Å². The lowest BCUT2D eigenvalue weighted by Crippen LogP contribution is -2.08. The highest BCUT2D eigenvalue weighted by atomic mass is 16.4. The van der Waals surface area contributed by atoms with E-state index in [1.54, 1.807) is 6.92 Å². The minimum Gasteiger partial charge on any atom is -0.481 e. The first-order valence-electron chi connectivity index (χ1n) is 7.85. The van der Waals surface area contributed by atoms with Gasteiger partial charge in [-0.25, -0.2) is 0 Å². The highest BCUT2D eigenvalue weighted by molar-refractivity contribution is 5.69. The summed E-state index contributed by atoms with van der Waals surface area (Å²) in [6.07, 6.45) is 11.6. The third-order valence-corrected chi connectivity index (χ3v) is 3.83.